The largest absolute Gasteiger partial charge is 0.491 e. The van der Waals surface area contributed by atoms with Crippen LogP contribution < -0.4 is 9.47 Å². The fraction of sp³-hybridized carbons (Fsp3) is 0.520. The second-order valence-corrected chi connectivity index (χ2v) is 9.76. The van der Waals surface area contributed by atoms with Gasteiger partial charge in [0.15, 0.2) is 0 Å². The van der Waals surface area contributed by atoms with Crippen molar-refractivity contribution in [2.45, 2.75) is 56.8 Å². The Morgan fingerprint density at radius 1 is 0.690 bits per heavy atom. The molecule has 0 atom stereocenters. The first-order valence-corrected chi connectivity index (χ1v) is 10.5. The lowest BCUT2D eigenvalue weighted by atomic mass is 9.72. The minimum absolute atomic E-state index is 0.00907. The van der Waals surface area contributed by atoms with E-state index in [1.807, 2.05) is 12.1 Å². The molecule has 2 aliphatic rings. The summed E-state index contributed by atoms with van der Waals surface area (Å²) in [6.45, 7) is 9.92. The molecule has 0 aliphatic heterocycles. The maximum absolute atomic E-state index is 9.15. The summed E-state index contributed by atoms with van der Waals surface area (Å²) in [4.78, 5) is 0. The zero-order valence-corrected chi connectivity index (χ0v) is 17.9. The Hall–Kier alpha value is -2.04. The Labute approximate surface area is 173 Å². The van der Waals surface area contributed by atoms with E-state index in [-0.39, 0.29) is 29.5 Å². The number of ether oxygens (including phenoxy) is 2. The lowest BCUT2D eigenvalue weighted by Crippen LogP contribution is -2.27. The molecule has 0 heterocycles. The molecule has 0 bridgehead atoms. The number of hydrogen-bond donors (Lipinski definition) is 2. The zero-order chi connectivity index (χ0) is 20.9. The molecule has 4 heteroatoms. The molecule has 0 aromatic heterocycles. The van der Waals surface area contributed by atoms with E-state index in [0.29, 0.717) is 13.2 Å². The molecule has 0 amide bonds. The number of benzene rings is 2. The maximum Gasteiger partial charge on any atom is 0.119 e. The fourth-order valence-electron chi connectivity index (χ4n) is 5.81. The smallest absolute Gasteiger partial charge is 0.119 e. The maximum atomic E-state index is 9.15. The lowest BCUT2D eigenvalue weighted by molar-refractivity contribution is 0.201. The van der Waals surface area contributed by atoms with E-state index in [0.717, 1.165) is 24.3 Å². The summed E-state index contributed by atoms with van der Waals surface area (Å²) >= 11 is 0. The highest BCUT2D eigenvalue weighted by Gasteiger charge is 2.56. The Balaban J connectivity index is 1.88. The third-order valence-electron chi connectivity index (χ3n) is 6.68. The second kappa shape index (κ2) is 7.03. The summed E-state index contributed by atoms with van der Waals surface area (Å²) in [5, 5.41) is 18.3. The monoisotopic (exact) mass is 396 g/mol. The summed E-state index contributed by atoms with van der Waals surface area (Å²) in [5.41, 5.74) is 5.45. The molecule has 0 saturated carbocycles. The highest BCUT2D eigenvalue weighted by Crippen LogP contribution is 2.63. The van der Waals surface area contributed by atoms with Crippen LogP contribution in [-0.4, -0.2) is 36.6 Å². The summed E-state index contributed by atoms with van der Waals surface area (Å²) in [7, 11) is 0. The summed E-state index contributed by atoms with van der Waals surface area (Å²) < 4.78 is 11.5. The summed E-state index contributed by atoms with van der Waals surface area (Å²) in [5.74, 6) is 1.63. The van der Waals surface area contributed by atoms with Crippen LogP contribution in [0.4, 0.5) is 0 Å². The highest BCUT2D eigenvalue weighted by molar-refractivity contribution is 5.61. The molecule has 4 nitrogen and oxygen atoms in total. The van der Waals surface area contributed by atoms with Crippen molar-refractivity contribution in [3.63, 3.8) is 0 Å². The number of hydrogen-bond acceptors (Lipinski definition) is 4. The predicted molar refractivity (Wildman–Crippen MR) is 114 cm³/mol. The Morgan fingerprint density at radius 3 is 1.48 bits per heavy atom. The molecule has 2 aromatic rings. The van der Waals surface area contributed by atoms with Crippen LogP contribution in [0.15, 0.2) is 36.4 Å². The van der Waals surface area contributed by atoms with Crippen LogP contribution in [0, 0.1) is 0 Å². The van der Waals surface area contributed by atoms with Crippen molar-refractivity contribution in [3.8, 4) is 11.5 Å². The SMILES string of the molecule is CC1(C)CC2(CC(C)(C)c3ccc(OCCO)cc32)c2cc(OCCO)ccc21. The molecular formula is C25H32O4. The number of rotatable bonds is 6. The van der Waals surface area contributed by atoms with Gasteiger partial charge in [-0.15, -0.1) is 0 Å². The van der Waals surface area contributed by atoms with Crippen molar-refractivity contribution in [2.24, 2.45) is 0 Å². The van der Waals surface area contributed by atoms with Crippen LogP contribution in [0.2, 0.25) is 0 Å². The summed E-state index contributed by atoms with van der Waals surface area (Å²) in [6, 6.07) is 12.8. The van der Waals surface area contributed by atoms with Crippen LogP contribution >= 0.6 is 0 Å². The van der Waals surface area contributed by atoms with Gasteiger partial charge in [-0.3, -0.25) is 0 Å². The third kappa shape index (κ3) is 3.23. The molecule has 2 aliphatic carbocycles. The topological polar surface area (TPSA) is 58.9 Å². The second-order valence-electron chi connectivity index (χ2n) is 9.76. The van der Waals surface area contributed by atoms with E-state index < -0.39 is 0 Å². The normalized spacial score (nSPS) is 19.8. The van der Waals surface area contributed by atoms with Crippen LogP contribution in [0.25, 0.3) is 0 Å². The van der Waals surface area contributed by atoms with Gasteiger partial charge in [0.2, 0.25) is 0 Å². The van der Waals surface area contributed by atoms with Crippen LogP contribution in [0.1, 0.15) is 62.8 Å². The van der Waals surface area contributed by atoms with Crippen molar-refractivity contribution in [1.82, 2.24) is 0 Å². The van der Waals surface area contributed by atoms with Gasteiger partial charge >= 0.3 is 0 Å². The van der Waals surface area contributed by atoms with Gasteiger partial charge in [0.25, 0.3) is 0 Å². The van der Waals surface area contributed by atoms with Gasteiger partial charge in [0, 0.05) is 5.41 Å². The summed E-state index contributed by atoms with van der Waals surface area (Å²) in [6.07, 6.45) is 2.08. The van der Waals surface area contributed by atoms with Gasteiger partial charge < -0.3 is 19.7 Å². The van der Waals surface area contributed by atoms with Gasteiger partial charge in [0.1, 0.15) is 24.7 Å². The highest BCUT2D eigenvalue weighted by atomic mass is 16.5. The molecule has 0 unspecified atom stereocenters. The molecule has 4 rings (SSSR count). The van der Waals surface area contributed by atoms with E-state index in [9.17, 15) is 0 Å². The third-order valence-corrected chi connectivity index (χ3v) is 6.68. The lowest BCUT2D eigenvalue weighted by Gasteiger charge is -2.30. The Bertz CT molecular complexity index is 838. The molecule has 0 saturated heterocycles. The molecule has 1 spiro atoms. The predicted octanol–water partition coefficient (Wildman–Crippen LogP) is 4.08. The van der Waals surface area contributed by atoms with Gasteiger partial charge in [-0.25, -0.2) is 0 Å². The zero-order valence-electron chi connectivity index (χ0n) is 17.9. The van der Waals surface area contributed by atoms with Crippen molar-refractivity contribution < 1.29 is 19.7 Å². The molecule has 0 fully saturated rings. The van der Waals surface area contributed by atoms with E-state index in [1.54, 1.807) is 0 Å². The van der Waals surface area contributed by atoms with Crippen molar-refractivity contribution in [1.29, 1.82) is 0 Å². The molecule has 0 radical (unpaired) electrons. The first kappa shape index (κ1) is 20.2. The van der Waals surface area contributed by atoms with Gasteiger partial charge in [-0.1, -0.05) is 39.8 Å². The molecule has 29 heavy (non-hydrogen) atoms. The number of aliphatic hydroxyl groups excluding tert-OH is 2. The minimum Gasteiger partial charge on any atom is -0.491 e. The van der Waals surface area contributed by atoms with E-state index in [1.165, 1.54) is 22.3 Å². The average molecular weight is 397 g/mol. The quantitative estimate of drug-likeness (QED) is 0.773. The van der Waals surface area contributed by atoms with Gasteiger partial charge in [-0.05, 0) is 70.2 Å². The first-order chi connectivity index (χ1) is 13.7. The van der Waals surface area contributed by atoms with Crippen molar-refractivity contribution in [2.75, 3.05) is 26.4 Å². The van der Waals surface area contributed by atoms with Crippen molar-refractivity contribution in [3.05, 3.63) is 58.7 Å². The van der Waals surface area contributed by atoms with Gasteiger partial charge in [-0.2, -0.15) is 0 Å². The minimum atomic E-state index is -0.0885. The van der Waals surface area contributed by atoms with Crippen LogP contribution in [0.3, 0.4) is 0 Å². The fourth-order valence-corrected chi connectivity index (χ4v) is 5.81. The van der Waals surface area contributed by atoms with Crippen LogP contribution in [0.5, 0.6) is 11.5 Å². The molecular weight excluding hydrogens is 364 g/mol. The van der Waals surface area contributed by atoms with Crippen LogP contribution in [-0.2, 0) is 16.2 Å². The molecule has 2 aromatic carbocycles. The van der Waals surface area contributed by atoms with Gasteiger partial charge in [0.05, 0.1) is 13.2 Å². The van der Waals surface area contributed by atoms with E-state index in [4.69, 9.17) is 19.7 Å². The Morgan fingerprint density at radius 2 is 1.10 bits per heavy atom. The van der Waals surface area contributed by atoms with E-state index in [2.05, 4.69) is 52.0 Å². The van der Waals surface area contributed by atoms with E-state index >= 15 is 0 Å². The number of aliphatic hydroxyl groups is 2. The molecule has 156 valence electrons. The average Bonchev–Trinajstić information content (AvgIpc) is 3.04. The Kier molecular flexibility index (Phi) is 4.91. The first-order valence-electron chi connectivity index (χ1n) is 10.5. The van der Waals surface area contributed by atoms with Crippen molar-refractivity contribution >= 4 is 0 Å². The standard InChI is InChI=1S/C25H32O4/c1-23(2)15-25(21-13-17(28-11-9-26)5-7-19(21)23)16-24(3,4)20-8-6-18(14-22(20)25)29-12-10-27/h5-8,13-14,26-27H,9-12,15-16H2,1-4H3. The molecule has 2 N–H and O–H groups in total. The number of fused-ring (bicyclic) bond motifs is 4.